The number of amides is 1. The molecule has 0 radical (unpaired) electrons. The number of benzene rings is 1. The van der Waals surface area contributed by atoms with Crippen LogP contribution in [-0.4, -0.2) is 25.5 Å². The van der Waals surface area contributed by atoms with Crippen molar-refractivity contribution in [2.45, 2.75) is 32.6 Å². The molecule has 0 saturated carbocycles. The summed E-state index contributed by atoms with van der Waals surface area (Å²) in [5.74, 6) is 0.0269. The van der Waals surface area contributed by atoms with E-state index < -0.39 is 5.82 Å². The number of hydrogen-bond acceptors (Lipinski definition) is 2. The molecule has 3 nitrogen and oxygen atoms in total. The molecular weight excluding hydrogens is 291 g/mol. The van der Waals surface area contributed by atoms with E-state index in [-0.39, 0.29) is 23.9 Å². The Labute approximate surface area is 132 Å². The van der Waals surface area contributed by atoms with Gasteiger partial charge in [-0.2, -0.15) is 0 Å². The fourth-order valence-electron chi connectivity index (χ4n) is 2.52. The molecule has 1 aromatic rings. The molecule has 0 spiro atoms. The topological polar surface area (TPSA) is 41.1 Å². The smallest absolute Gasteiger partial charge is 0.254 e. The molecule has 1 saturated heterocycles. The Morgan fingerprint density at radius 1 is 1.38 bits per heavy atom. The van der Waals surface area contributed by atoms with Gasteiger partial charge in [-0.15, -0.1) is 12.4 Å². The SMILES string of the molecule is CC(C)CNC(=O)c1cc(C2CCNCC2)ccc1F.Cl. The second kappa shape index (κ2) is 8.35. The van der Waals surface area contributed by atoms with Crippen LogP contribution < -0.4 is 10.6 Å². The number of halogens is 2. The number of carbonyl (C=O) groups excluding carboxylic acids is 1. The Balaban J connectivity index is 0.00000220. The van der Waals surface area contributed by atoms with Crippen molar-refractivity contribution in [2.24, 2.45) is 5.92 Å². The molecule has 1 aliphatic heterocycles. The Morgan fingerprint density at radius 2 is 2.05 bits per heavy atom. The molecule has 0 atom stereocenters. The Hall–Kier alpha value is -1.13. The van der Waals surface area contributed by atoms with E-state index in [0.29, 0.717) is 18.4 Å². The molecule has 118 valence electrons. The molecule has 0 aliphatic carbocycles. The predicted octanol–water partition coefficient (Wildman–Crippen LogP) is 3.10. The molecule has 0 unspecified atom stereocenters. The largest absolute Gasteiger partial charge is 0.352 e. The summed E-state index contributed by atoms with van der Waals surface area (Å²) in [5.41, 5.74) is 1.24. The second-order valence-electron chi connectivity index (χ2n) is 5.87. The molecule has 1 aliphatic rings. The van der Waals surface area contributed by atoms with Crippen LogP contribution >= 0.6 is 12.4 Å². The summed E-state index contributed by atoms with van der Waals surface area (Å²) in [4.78, 5) is 12.0. The molecule has 21 heavy (non-hydrogen) atoms. The van der Waals surface area contributed by atoms with Crippen LogP contribution in [0.15, 0.2) is 18.2 Å². The summed E-state index contributed by atoms with van der Waals surface area (Å²) >= 11 is 0. The minimum absolute atomic E-state index is 0. The quantitative estimate of drug-likeness (QED) is 0.896. The van der Waals surface area contributed by atoms with Crippen LogP contribution in [-0.2, 0) is 0 Å². The third-order valence-corrected chi connectivity index (χ3v) is 3.72. The average molecular weight is 315 g/mol. The zero-order chi connectivity index (χ0) is 14.5. The lowest BCUT2D eigenvalue weighted by molar-refractivity contribution is 0.0945. The van der Waals surface area contributed by atoms with E-state index in [1.807, 2.05) is 19.9 Å². The Bertz CT molecular complexity index is 473. The summed E-state index contributed by atoms with van der Waals surface area (Å²) in [6.45, 7) is 6.56. The fraction of sp³-hybridized carbons (Fsp3) is 0.562. The first-order valence-corrected chi connectivity index (χ1v) is 7.36. The molecule has 1 amide bonds. The van der Waals surface area contributed by atoms with Gasteiger partial charge in [0.05, 0.1) is 5.56 Å². The van der Waals surface area contributed by atoms with Crippen LogP contribution in [0.2, 0.25) is 0 Å². The van der Waals surface area contributed by atoms with Crippen molar-refractivity contribution in [3.8, 4) is 0 Å². The standard InChI is InChI=1S/C16H23FN2O.ClH/c1-11(2)10-19-16(20)14-9-13(3-4-15(14)17)12-5-7-18-8-6-12;/h3-4,9,11-12,18H,5-8,10H2,1-2H3,(H,19,20);1H. The van der Waals surface area contributed by atoms with E-state index >= 15 is 0 Å². The van der Waals surface area contributed by atoms with Crippen LogP contribution in [0.5, 0.6) is 0 Å². The van der Waals surface area contributed by atoms with Gasteiger partial charge in [0.2, 0.25) is 0 Å². The van der Waals surface area contributed by atoms with Crippen molar-refractivity contribution in [3.05, 3.63) is 35.1 Å². The maximum absolute atomic E-state index is 13.8. The zero-order valence-electron chi connectivity index (χ0n) is 12.6. The van der Waals surface area contributed by atoms with Crippen molar-refractivity contribution in [3.63, 3.8) is 0 Å². The maximum atomic E-state index is 13.8. The summed E-state index contributed by atoms with van der Waals surface area (Å²) in [6, 6.07) is 4.95. The molecule has 1 heterocycles. The van der Waals surface area contributed by atoms with E-state index in [9.17, 15) is 9.18 Å². The van der Waals surface area contributed by atoms with E-state index in [0.717, 1.165) is 31.5 Å². The van der Waals surface area contributed by atoms with E-state index in [2.05, 4.69) is 10.6 Å². The highest BCUT2D eigenvalue weighted by atomic mass is 35.5. The lowest BCUT2D eigenvalue weighted by atomic mass is 9.89. The van der Waals surface area contributed by atoms with Gasteiger partial charge in [0.25, 0.3) is 5.91 Å². The van der Waals surface area contributed by atoms with Gasteiger partial charge in [0, 0.05) is 6.54 Å². The molecule has 0 bridgehead atoms. The number of hydrogen-bond donors (Lipinski definition) is 2. The number of nitrogens with one attached hydrogen (secondary N) is 2. The van der Waals surface area contributed by atoms with E-state index in [1.54, 1.807) is 6.07 Å². The minimum Gasteiger partial charge on any atom is -0.352 e. The molecule has 2 rings (SSSR count). The molecule has 5 heteroatoms. The first-order chi connectivity index (χ1) is 9.58. The first kappa shape index (κ1) is 17.9. The van der Waals surface area contributed by atoms with Gasteiger partial charge in [0.1, 0.15) is 5.82 Å². The average Bonchev–Trinajstić information content (AvgIpc) is 2.46. The first-order valence-electron chi connectivity index (χ1n) is 7.36. The Morgan fingerprint density at radius 3 is 2.67 bits per heavy atom. The molecule has 1 aromatic carbocycles. The van der Waals surface area contributed by atoms with Crippen molar-refractivity contribution in [2.75, 3.05) is 19.6 Å². The summed E-state index contributed by atoms with van der Waals surface area (Å²) < 4.78 is 13.8. The summed E-state index contributed by atoms with van der Waals surface area (Å²) in [6.07, 6.45) is 2.08. The second-order valence-corrected chi connectivity index (χ2v) is 5.87. The lowest BCUT2D eigenvalue weighted by Gasteiger charge is -2.23. The molecular formula is C16H24ClFN2O. The lowest BCUT2D eigenvalue weighted by Crippen LogP contribution is -2.29. The van der Waals surface area contributed by atoms with E-state index in [4.69, 9.17) is 0 Å². The van der Waals surface area contributed by atoms with Crippen LogP contribution in [0.25, 0.3) is 0 Å². The van der Waals surface area contributed by atoms with Crippen molar-refractivity contribution >= 4 is 18.3 Å². The van der Waals surface area contributed by atoms with Gasteiger partial charge in [-0.25, -0.2) is 4.39 Å². The number of rotatable bonds is 4. The third-order valence-electron chi connectivity index (χ3n) is 3.72. The number of carbonyl (C=O) groups is 1. The highest BCUT2D eigenvalue weighted by molar-refractivity contribution is 5.94. The Kier molecular flexibility index (Phi) is 7.12. The van der Waals surface area contributed by atoms with Crippen molar-refractivity contribution < 1.29 is 9.18 Å². The van der Waals surface area contributed by atoms with Gasteiger partial charge >= 0.3 is 0 Å². The van der Waals surface area contributed by atoms with Gasteiger partial charge in [0.15, 0.2) is 0 Å². The minimum atomic E-state index is -0.441. The normalized spacial score (nSPS) is 15.6. The highest BCUT2D eigenvalue weighted by Gasteiger charge is 2.19. The van der Waals surface area contributed by atoms with Crippen LogP contribution in [0.4, 0.5) is 4.39 Å². The predicted molar refractivity (Wildman–Crippen MR) is 85.7 cm³/mol. The van der Waals surface area contributed by atoms with E-state index in [1.165, 1.54) is 6.07 Å². The molecule has 2 N–H and O–H groups in total. The zero-order valence-corrected chi connectivity index (χ0v) is 13.4. The summed E-state index contributed by atoms with van der Waals surface area (Å²) in [5, 5.41) is 6.09. The van der Waals surface area contributed by atoms with Crippen LogP contribution in [0.3, 0.4) is 0 Å². The van der Waals surface area contributed by atoms with Gasteiger partial charge < -0.3 is 10.6 Å². The molecule has 1 fully saturated rings. The van der Waals surface area contributed by atoms with Gasteiger partial charge in [-0.1, -0.05) is 19.9 Å². The van der Waals surface area contributed by atoms with Gasteiger partial charge in [-0.3, -0.25) is 4.79 Å². The molecule has 0 aromatic heterocycles. The number of piperidine rings is 1. The fourth-order valence-corrected chi connectivity index (χ4v) is 2.52. The van der Waals surface area contributed by atoms with Crippen LogP contribution in [0, 0.1) is 11.7 Å². The third kappa shape index (κ3) is 4.97. The van der Waals surface area contributed by atoms with Crippen molar-refractivity contribution in [1.29, 1.82) is 0 Å². The van der Waals surface area contributed by atoms with Gasteiger partial charge in [-0.05, 0) is 55.5 Å². The highest BCUT2D eigenvalue weighted by Crippen LogP contribution is 2.26. The van der Waals surface area contributed by atoms with Crippen molar-refractivity contribution in [1.82, 2.24) is 10.6 Å². The van der Waals surface area contributed by atoms with Crippen LogP contribution in [0.1, 0.15) is 48.5 Å². The summed E-state index contributed by atoms with van der Waals surface area (Å²) in [7, 11) is 0. The maximum Gasteiger partial charge on any atom is 0.254 e. The monoisotopic (exact) mass is 314 g/mol.